The number of carbonyl (C=O) groups excluding carboxylic acids is 2. The van der Waals surface area contributed by atoms with Crippen LogP contribution in [0, 0.1) is 0 Å². The van der Waals surface area contributed by atoms with E-state index in [1.807, 2.05) is 4.90 Å². The van der Waals surface area contributed by atoms with Crippen LogP contribution in [0.4, 0.5) is 5.69 Å². The fourth-order valence-corrected chi connectivity index (χ4v) is 2.70. The molecule has 0 aromatic heterocycles. The van der Waals surface area contributed by atoms with Gasteiger partial charge in [0.05, 0.1) is 0 Å². The fraction of sp³-hybridized carbons (Fsp3) is 0.300. The Hall–Kier alpha value is -2.33. The van der Waals surface area contributed by atoms with Gasteiger partial charge in [0.25, 0.3) is 11.8 Å². The van der Waals surface area contributed by atoms with E-state index in [4.69, 9.17) is 11.6 Å². The molecule has 2 aromatic rings. The normalized spacial score (nSPS) is 10.4. The highest BCUT2D eigenvalue weighted by Crippen LogP contribution is 2.16. The average molecular weight is 359 g/mol. The number of anilines is 1. The second kappa shape index (κ2) is 9.23. The van der Waals surface area contributed by atoms with Gasteiger partial charge >= 0.3 is 0 Å². The number of benzene rings is 2. The SMILES string of the molecule is CCCN(CCC)C(=O)c1cccc(NC(=O)c2ccc(Cl)cc2)c1. The van der Waals surface area contributed by atoms with Crippen LogP contribution < -0.4 is 5.32 Å². The van der Waals surface area contributed by atoms with Gasteiger partial charge in [-0.1, -0.05) is 31.5 Å². The molecule has 0 saturated heterocycles. The van der Waals surface area contributed by atoms with E-state index in [1.54, 1.807) is 48.5 Å². The summed E-state index contributed by atoms with van der Waals surface area (Å²) in [6, 6.07) is 13.7. The Bertz CT molecular complexity index is 723. The van der Waals surface area contributed by atoms with Crippen LogP contribution in [0.1, 0.15) is 47.4 Å². The van der Waals surface area contributed by atoms with Crippen LogP contribution in [0.5, 0.6) is 0 Å². The van der Waals surface area contributed by atoms with Gasteiger partial charge in [-0.3, -0.25) is 9.59 Å². The summed E-state index contributed by atoms with van der Waals surface area (Å²) in [7, 11) is 0. The van der Waals surface area contributed by atoms with Crippen molar-refractivity contribution < 1.29 is 9.59 Å². The van der Waals surface area contributed by atoms with Gasteiger partial charge in [-0.2, -0.15) is 0 Å². The highest BCUT2D eigenvalue weighted by atomic mass is 35.5. The molecule has 0 fully saturated rings. The van der Waals surface area contributed by atoms with E-state index >= 15 is 0 Å². The van der Waals surface area contributed by atoms with E-state index < -0.39 is 0 Å². The number of rotatable bonds is 7. The molecule has 0 aliphatic heterocycles. The maximum Gasteiger partial charge on any atom is 0.255 e. The minimum absolute atomic E-state index is 0.00806. The molecule has 0 bridgehead atoms. The fourth-order valence-electron chi connectivity index (χ4n) is 2.57. The standard InChI is InChI=1S/C20H23ClN2O2/c1-3-12-23(13-4-2)20(25)16-6-5-7-18(14-16)22-19(24)15-8-10-17(21)11-9-15/h5-11,14H,3-4,12-13H2,1-2H3,(H,22,24). The van der Waals surface area contributed by atoms with Gasteiger partial charge in [0.15, 0.2) is 0 Å². The predicted molar refractivity (Wildman–Crippen MR) is 102 cm³/mol. The second-order valence-corrected chi connectivity index (χ2v) is 6.27. The van der Waals surface area contributed by atoms with Gasteiger partial charge in [-0.25, -0.2) is 0 Å². The van der Waals surface area contributed by atoms with Crippen molar-refractivity contribution >= 4 is 29.1 Å². The Kier molecular flexibility index (Phi) is 7.02. The third kappa shape index (κ3) is 5.33. The van der Waals surface area contributed by atoms with Crippen molar-refractivity contribution in [3.05, 3.63) is 64.7 Å². The van der Waals surface area contributed by atoms with Crippen molar-refractivity contribution in [2.45, 2.75) is 26.7 Å². The molecule has 2 rings (SSSR count). The largest absolute Gasteiger partial charge is 0.339 e. The molecule has 5 heteroatoms. The molecule has 0 unspecified atom stereocenters. The van der Waals surface area contributed by atoms with Gasteiger partial charge in [0.1, 0.15) is 0 Å². The zero-order valence-corrected chi connectivity index (χ0v) is 15.3. The number of nitrogens with one attached hydrogen (secondary N) is 1. The van der Waals surface area contributed by atoms with Crippen molar-refractivity contribution in [3.8, 4) is 0 Å². The number of nitrogens with zero attached hydrogens (tertiary/aromatic N) is 1. The summed E-state index contributed by atoms with van der Waals surface area (Å²) in [6.07, 6.45) is 1.83. The second-order valence-electron chi connectivity index (χ2n) is 5.83. The highest BCUT2D eigenvalue weighted by Gasteiger charge is 2.15. The van der Waals surface area contributed by atoms with Crippen molar-refractivity contribution in [2.75, 3.05) is 18.4 Å². The van der Waals surface area contributed by atoms with E-state index in [0.717, 1.165) is 25.9 Å². The van der Waals surface area contributed by atoms with Crippen molar-refractivity contribution in [2.24, 2.45) is 0 Å². The molecule has 2 aromatic carbocycles. The zero-order chi connectivity index (χ0) is 18.2. The zero-order valence-electron chi connectivity index (χ0n) is 14.6. The molecule has 0 spiro atoms. The molecular formula is C20H23ClN2O2. The first-order chi connectivity index (χ1) is 12.0. The minimum Gasteiger partial charge on any atom is -0.339 e. The first-order valence-corrected chi connectivity index (χ1v) is 8.89. The van der Waals surface area contributed by atoms with Gasteiger partial charge < -0.3 is 10.2 Å². The van der Waals surface area contributed by atoms with E-state index in [0.29, 0.717) is 21.8 Å². The average Bonchev–Trinajstić information content (AvgIpc) is 2.61. The van der Waals surface area contributed by atoms with Crippen LogP contribution in [0.25, 0.3) is 0 Å². The minimum atomic E-state index is -0.236. The third-order valence-electron chi connectivity index (χ3n) is 3.75. The summed E-state index contributed by atoms with van der Waals surface area (Å²) in [5.74, 6) is -0.244. The monoisotopic (exact) mass is 358 g/mol. The first kappa shape index (κ1) is 19.0. The molecule has 0 heterocycles. The lowest BCUT2D eigenvalue weighted by molar-refractivity contribution is 0.0755. The summed E-state index contributed by atoms with van der Waals surface area (Å²) < 4.78 is 0. The molecule has 132 valence electrons. The molecule has 2 amide bonds. The highest BCUT2D eigenvalue weighted by molar-refractivity contribution is 6.30. The Morgan fingerprint density at radius 3 is 2.20 bits per heavy atom. The molecule has 0 saturated carbocycles. The van der Waals surface area contributed by atoms with E-state index in [2.05, 4.69) is 19.2 Å². The van der Waals surface area contributed by atoms with Gasteiger partial charge in [-0.15, -0.1) is 0 Å². The molecular weight excluding hydrogens is 336 g/mol. The Morgan fingerprint density at radius 2 is 1.60 bits per heavy atom. The van der Waals surface area contributed by atoms with E-state index in [9.17, 15) is 9.59 Å². The Morgan fingerprint density at radius 1 is 0.960 bits per heavy atom. The quantitative estimate of drug-likeness (QED) is 0.768. The summed E-state index contributed by atoms with van der Waals surface area (Å²) in [5, 5.41) is 3.40. The van der Waals surface area contributed by atoms with Crippen LogP contribution in [-0.4, -0.2) is 29.8 Å². The molecule has 4 nitrogen and oxygen atoms in total. The van der Waals surface area contributed by atoms with Crippen molar-refractivity contribution in [3.63, 3.8) is 0 Å². The van der Waals surface area contributed by atoms with Crippen LogP contribution in [0.3, 0.4) is 0 Å². The lowest BCUT2D eigenvalue weighted by Gasteiger charge is -2.21. The van der Waals surface area contributed by atoms with Crippen molar-refractivity contribution in [1.82, 2.24) is 4.90 Å². The summed E-state index contributed by atoms with van der Waals surface area (Å²) in [5.41, 5.74) is 1.69. The molecule has 0 radical (unpaired) electrons. The first-order valence-electron chi connectivity index (χ1n) is 8.51. The molecule has 0 aliphatic carbocycles. The number of carbonyl (C=O) groups is 2. The smallest absolute Gasteiger partial charge is 0.255 e. The van der Waals surface area contributed by atoms with Crippen LogP contribution in [0.15, 0.2) is 48.5 Å². The van der Waals surface area contributed by atoms with Crippen LogP contribution in [0.2, 0.25) is 5.02 Å². The molecule has 0 atom stereocenters. The summed E-state index contributed by atoms with van der Waals surface area (Å²) >= 11 is 5.84. The van der Waals surface area contributed by atoms with Crippen LogP contribution >= 0.6 is 11.6 Å². The van der Waals surface area contributed by atoms with Crippen molar-refractivity contribution in [1.29, 1.82) is 0 Å². The summed E-state index contributed by atoms with van der Waals surface area (Å²) in [4.78, 5) is 26.8. The van der Waals surface area contributed by atoms with Gasteiger partial charge in [0.2, 0.25) is 0 Å². The molecule has 0 aliphatic rings. The van der Waals surface area contributed by atoms with Gasteiger partial charge in [-0.05, 0) is 55.3 Å². The lowest BCUT2D eigenvalue weighted by atomic mass is 10.1. The third-order valence-corrected chi connectivity index (χ3v) is 4.00. The maximum atomic E-state index is 12.7. The number of halogens is 1. The lowest BCUT2D eigenvalue weighted by Crippen LogP contribution is -2.32. The number of hydrogen-bond donors (Lipinski definition) is 1. The van der Waals surface area contributed by atoms with Crippen LogP contribution in [-0.2, 0) is 0 Å². The van der Waals surface area contributed by atoms with E-state index in [1.165, 1.54) is 0 Å². The number of amides is 2. The molecule has 25 heavy (non-hydrogen) atoms. The Balaban J connectivity index is 2.13. The van der Waals surface area contributed by atoms with E-state index in [-0.39, 0.29) is 11.8 Å². The summed E-state index contributed by atoms with van der Waals surface area (Å²) in [6.45, 7) is 5.57. The Labute approximate surface area is 153 Å². The molecule has 1 N–H and O–H groups in total. The number of hydrogen-bond acceptors (Lipinski definition) is 2. The predicted octanol–water partition coefficient (Wildman–Crippen LogP) is 4.85. The maximum absolute atomic E-state index is 12.7. The van der Waals surface area contributed by atoms with Gasteiger partial charge in [0, 0.05) is 34.9 Å². The topological polar surface area (TPSA) is 49.4 Å².